The van der Waals surface area contributed by atoms with Gasteiger partial charge in [0.2, 0.25) is 5.78 Å². The van der Waals surface area contributed by atoms with Gasteiger partial charge in [-0.3, -0.25) is 24.5 Å². The first kappa shape index (κ1) is 35.9. The summed E-state index contributed by atoms with van der Waals surface area (Å²) in [5, 5.41) is 59.8. The molecule has 1 heterocycles. The lowest BCUT2D eigenvalue weighted by molar-refractivity contribution is -0.384. The summed E-state index contributed by atoms with van der Waals surface area (Å²) in [4.78, 5) is 50.7. The Hall–Kier alpha value is -4.44. The standard InChI is InChI=1S/C34H34N2O12.ClH/c1-15-29(38)21(35-14-17-7-9-18(10-8-17)36(44)45)11-24(47-15)48-23-13-34(43,16(2)37)12-20-26(23)33(42)28-27(31(20)40)30(39)19-5-4-6-22(46-3)25(19)32(28)41;/h4-10,15,21,23-24,29,35,38,40,42-43H,11-14H2,1-3H3;1H/t15?,21?,23-,24?,29?,34-;/m0./s1. The second kappa shape index (κ2) is 13.5. The zero-order valence-electron chi connectivity index (χ0n) is 26.7. The quantitative estimate of drug-likeness (QED) is 0.102. The van der Waals surface area contributed by atoms with Gasteiger partial charge in [0.1, 0.15) is 22.8 Å². The molecule has 14 nitrogen and oxygen atoms in total. The third-order valence-corrected chi connectivity index (χ3v) is 9.47. The molecule has 0 saturated carbocycles. The molecule has 0 bridgehead atoms. The minimum atomic E-state index is -2.06. The van der Waals surface area contributed by atoms with Crippen molar-refractivity contribution >= 4 is 35.4 Å². The number of phenolic OH excluding ortho intramolecular Hbond substituents is 2. The van der Waals surface area contributed by atoms with E-state index in [1.165, 1.54) is 44.4 Å². The number of aliphatic hydroxyl groups excluding tert-OH is 1. The average Bonchev–Trinajstić information content (AvgIpc) is 3.05. The summed E-state index contributed by atoms with van der Waals surface area (Å²) in [7, 11) is 1.33. The van der Waals surface area contributed by atoms with Crippen LogP contribution in [0.4, 0.5) is 5.69 Å². The Kier molecular flexibility index (Phi) is 9.85. The number of carbonyl (C=O) groups is 3. The van der Waals surface area contributed by atoms with E-state index in [-0.39, 0.29) is 65.5 Å². The van der Waals surface area contributed by atoms with Gasteiger partial charge in [-0.25, -0.2) is 0 Å². The number of rotatable bonds is 8. The van der Waals surface area contributed by atoms with Crippen molar-refractivity contribution in [2.24, 2.45) is 0 Å². The number of nitro benzene ring substituents is 1. The van der Waals surface area contributed by atoms with E-state index in [2.05, 4.69) is 5.32 Å². The van der Waals surface area contributed by atoms with Crippen molar-refractivity contribution in [1.29, 1.82) is 0 Å². The second-order valence-electron chi connectivity index (χ2n) is 12.4. The van der Waals surface area contributed by atoms with Crippen LogP contribution in [0.3, 0.4) is 0 Å². The van der Waals surface area contributed by atoms with Crippen molar-refractivity contribution in [1.82, 2.24) is 5.32 Å². The second-order valence-corrected chi connectivity index (χ2v) is 12.4. The SMILES string of the molecule is COc1cccc2c1C(=O)c1c(O)c3c(c(O)c1C2=O)C[C@@](O)(C(C)=O)C[C@@H]3OC1CC(NCc2ccc([N+](=O)[O-])cc2)C(O)C(C)O1.Cl. The lowest BCUT2D eigenvalue weighted by atomic mass is 9.72. The Morgan fingerprint density at radius 3 is 2.39 bits per heavy atom. The Balaban J connectivity index is 0.00000468. The number of hydrogen-bond donors (Lipinski definition) is 5. The largest absolute Gasteiger partial charge is 0.507 e. The maximum atomic E-state index is 13.8. The molecule has 4 unspecified atom stereocenters. The smallest absolute Gasteiger partial charge is 0.269 e. The Bertz CT molecular complexity index is 1850. The molecular formula is C34H35ClN2O12. The molecule has 3 aromatic carbocycles. The molecule has 0 amide bonds. The van der Waals surface area contributed by atoms with Gasteiger partial charge in [-0.15, -0.1) is 12.4 Å². The number of Topliss-reactive ketones (excluding diaryl/α,β-unsaturated/α-hetero) is 1. The van der Waals surface area contributed by atoms with Crippen LogP contribution in [0.5, 0.6) is 17.2 Å². The zero-order valence-corrected chi connectivity index (χ0v) is 27.5. The van der Waals surface area contributed by atoms with Gasteiger partial charge in [-0.2, -0.15) is 0 Å². The normalized spacial score (nSPS) is 25.8. The number of nitrogens with one attached hydrogen (secondary N) is 1. The maximum Gasteiger partial charge on any atom is 0.269 e. The van der Waals surface area contributed by atoms with Crippen LogP contribution in [0.25, 0.3) is 0 Å². The summed E-state index contributed by atoms with van der Waals surface area (Å²) in [6, 6.07) is 9.72. The molecule has 5 N–H and O–H groups in total. The van der Waals surface area contributed by atoms with Crippen LogP contribution in [-0.4, -0.2) is 79.9 Å². The number of hydrogen-bond acceptors (Lipinski definition) is 13. The number of halogens is 1. The van der Waals surface area contributed by atoms with Gasteiger partial charge in [0, 0.05) is 60.7 Å². The van der Waals surface area contributed by atoms with Crippen molar-refractivity contribution in [3.8, 4) is 17.2 Å². The van der Waals surface area contributed by atoms with Gasteiger partial charge in [0.15, 0.2) is 17.9 Å². The number of nitrogens with zero attached hydrogens (tertiary/aromatic N) is 1. The Labute approximate surface area is 286 Å². The van der Waals surface area contributed by atoms with E-state index < -0.39 is 87.6 Å². The number of nitro groups is 1. The number of phenols is 2. The number of carbonyl (C=O) groups excluding carboxylic acids is 3. The summed E-state index contributed by atoms with van der Waals surface area (Å²) in [5.74, 6) is -3.35. The summed E-state index contributed by atoms with van der Waals surface area (Å²) in [6.45, 7) is 3.04. The van der Waals surface area contributed by atoms with E-state index >= 15 is 0 Å². The van der Waals surface area contributed by atoms with Gasteiger partial charge in [-0.1, -0.05) is 24.3 Å². The average molecular weight is 699 g/mol. The predicted octanol–water partition coefficient (Wildman–Crippen LogP) is 3.19. The van der Waals surface area contributed by atoms with Crippen LogP contribution < -0.4 is 10.1 Å². The van der Waals surface area contributed by atoms with E-state index in [0.717, 1.165) is 5.56 Å². The maximum absolute atomic E-state index is 13.8. The van der Waals surface area contributed by atoms with Gasteiger partial charge < -0.3 is 40.0 Å². The first-order valence-electron chi connectivity index (χ1n) is 15.3. The van der Waals surface area contributed by atoms with E-state index in [1.54, 1.807) is 19.1 Å². The van der Waals surface area contributed by atoms with Crippen LogP contribution >= 0.6 is 12.4 Å². The lowest BCUT2D eigenvalue weighted by Crippen LogP contribution is -2.54. The number of fused-ring (bicyclic) bond motifs is 3. The zero-order chi connectivity index (χ0) is 34.7. The molecule has 6 rings (SSSR count). The van der Waals surface area contributed by atoms with E-state index in [0.29, 0.717) is 0 Å². The molecule has 6 atom stereocenters. The van der Waals surface area contributed by atoms with Crippen LogP contribution in [0, 0.1) is 10.1 Å². The van der Waals surface area contributed by atoms with E-state index in [1.807, 2.05) is 0 Å². The van der Waals surface area contributed by atoms with Crippen molar-refractivity contribution < 1.29 is 53.9 Å². The highest BCUT2D eigenvalue weighted by molar-refractivity contribution is 6.31. The molecule has 1 saturated heterocycles. The molecule has 0 aromatic heterocycles. The molecule has 3 aliphatic rings. The number of aliphatic hydroxyl groups is 2. The highest BCUT2D eigenvalue weighted by Gasteiger charge is 2.49. The van der Waals surface area contributed by atoms with Gasteiger partial charge in [0.05, 0.1) is 47.0 Å². The van der Waals surface area contributed by atoms with Crippen LogP contribution in [0.15, 0.2) is 42.5 Å². The molecule has 1 aliphatic heterocycles. The Morgan fingerprint density at radius 2 is 1.76 bits per heavy atom. The summed E-state index contributed by atoms with van der Waals surface area (Å²) in [5.41, 5.74) is -2.63. The lowest BCUT2D eigenvalue weighted by Gasteiger charge is -2.43. The van der Waals surface area contributed by atoms with Crippen molar-refractivity contribution in [2.45, 2.75) is 75.9 Å². The number of benzene rings is 3. The number of non-ortho nitro benzene ring substituents is 1. The van der Waals surface area contributed by atoms with Crippen molar-refractivity contribution in [2.75, 3.05) is 7.11 Å². The van der Waals surface area contributed by atoms with E-state index in [9.17, 15) is 44.9 Å². The fourth-order valence-corrected chi connectivity index (χ4v) is 6.81. The first-order chi connectivity index (χ1) is 22.7. The number of ketones is 3. The Morgan fingerprint density at radius 1 is 1.08 bits per heavy atom. The number of aromatic hydroxyl groups is 2. The predicted molar refractivity (Wildman–Crippen MR) is 173 cm³/mol. The molecular weight excluding hydrogens is 664 g/mol. The van der Waals surface area contributed by atoms with E-state index in [4.69, 9.17) is 14.2 Å². The molecule has 15 heteroatoms. The molecule has 49 heavy (non-hydrogen) atoms. The fraction of sp³-hybridized carbons (Fsp3) is 0.382. The van der Waals surface area contributed by atoms with Crippen molar-refractivity contribution in [3.05, 3.63) is 91.5 Å². The third kappa shape index (κ3) is 6.16. The summed E-state index contributed by atoms with van der Waals surface area (Å²) in [6.07, 6.45) is -4.90. The topological polar surface area (TPSA) is 215 Å². The molecule has 1 fully saturated rings. The third-order valence-electron chi connectivity index (χ3n) is 9.47. The number of ether oxygens (including phenoxy) is 3. The molecule has 0 radical (unpaired) electrons. The molecule has 260 valence electrons. The summed E-state index contributed by atoms with van der Waals surface area (Å²) >= 11 is 0. The minimum absolute atomic E-state index is 0. The monoisotopic (exact) mass is 698 g/mol. The molecule has 0 spiro atoms. The summed E-state index contributed by atoms with van der Waals surface area (Å²) < 4.78 is 17.5. The highest BCUT2D eigenvalue weighted by atomic mass is 35.5. The number of methoxy groups -OCH3 is 1. The first-order valence-corrected chi connectivity index (χ1v) is 15.3. The van der Waals surface area contributed by atoms with Gasteiger partial charge in [0.25, 0.3) is 5.69 Å². The van der Waals surface area contributed by atoms with Gasteiger partial charge in [-0.05, 0) is 25.5 Å². The fourth-order valence-electron chi connectivity index (χ4n) is 6.81. The highest BCUT2D eigenvalue weighted by Crippen LogP contribution is 2.52. The molecule has 3 aromatic rings. The van der Waals surface area contributed by atoms with Gasteiger partial charge >= 0.3 is 0 Å². The molecule has 2 aliphatic carbocycles. The van der Waals surface area contributed by atoms with Crippen LogP contribution in [0.2, 0.25) is 0 Å². The van der Waals surface area contributed by atoms with Crippen molar-refractivity contribution in [3.63, 3.8) is 0 Å². The van der Waals surface area contributed by atoms with Crippen LogP contribution in [-0.2, 0) is 27.2 Å². The minimum Gasteiger partial charge on any atom is -0.507 e. The van der Waals surface area contributed by atoms with Crippen LogP contribution in [0.1, 0.15) is 81.3 Å².